The fourth-order valence-electron chi connectivity index (χ4n) is 3.87. The number of para-hydroxylation sites is 2. The number of hydrogen-bond acceptors (Lipinski definition) is 0. The Labute approximate surface area is 163 Å². The van der Waals surface area contributed by atoms with Crippen LogP contribution in [0, 0.1) is 0 Å². The molecule has 1 heterocycles. The van der Waals surface area contributed by atoms with Gasteiger partial charge in [-0.25, -0.2) is 0 Å². The summed E-state index contributed by atoms with van der Waals surface area (Å²) in [5.41, 5.74) is 6.15. The molecule has 0 fully saturated rings. The van der Waals surface area contributed by atoms with Crippen molar-refractivity contribution in [3.8, 4) is 11.1 Å². The van der Waals surface area contributed by atoms with E-state index in [1.54, 1.807) is 0 Å². The summed E-state index contributed by atoms with van der Waals surface area (Å²) in [6, 6.07) is 34.0. The smallest absolute Gasteiger partial charge is 0.0494 e. The maximum absolute atomic E-state index is 6.18. The highest BCUT2D eigenvalue weighted by Crippen LogP contribution is 2.30. The maximum atomic E-state index is 6.18. The summed E-state index contributed by atoms with van der Waals surface area (Å²) in [4.78, 5) is 0. The van der Waals surface area contributed by atoms with Crippen LogP contribution >= 0.6 is 11.6 Å². The third-order valence-corrected chi connectivity index (χ3v) is 5.34. The molecule has 0 radical (unpaired) electrons. The zero-order valence-corrected chi connectivity index (χ0v) is 15.5. The van der Waals surface area contributed by atoms with Gasteiger partial charge in [0.2, 0.25) is 0 Å². The Morgan fingerprint density at radius 1 is 0.593 bits per heavy atom. The van der Waals surface area contributed by atoms with Crippen molar-refractivity contribution in [3.63, 3.8) is 0 Å². The molecule has 0 amide bonds. The molecule has 4 aromatic carbocycles. The van der Waals surface area contributed by atoms with E-state index < -0.39 is 0 Å². The summed E-state index contributed by atoms with van der Waals surface area (Å²) in [6.45, 7) is 0.836. The lowest BCUT2D eigenvalue weighted by Crippen LogP contribution is -1.99. The van der Waals surface area contributed by atoms with Gasteiger partial charge >= 0.3 is 0 Å². The van der Waals surface area contributed by atoms with E-state index in [0.29, 0.717) is 0 Å². The molecular weight excluding hydrogens is 350 g/mol. The first-order chi connectivity index (χ1) is 13.3. The van der Waals surface area contributed by atoms with Crippen molar-refractivity contribution in [1.29, 1.82) is 0 Å². The van der Waals surface area contributed by atoms with E-state index in [9.17, 15) is 0 Å². The lowest BCUT2D eigenvalue weighted by Gasteiger charge is -2.10. The van der Waals surface area contributed by atoms with E-state index in [2.05, 4.69) is 83.4 Å². The Bertz CT molecular complexity index is 1210. The van der Waals surface area contributed by atoms with E-state index in [0.717, 1.165) is 17.1 Å². The molecule has 0 spiro atoms. The first-order valence-corrected chi connectivity index (χ1v) is 9.48. The van der Waals surface area contributed by atoms with E-state index in [4.69, 9.17) is 11.6 Å². The number of benzene rings is 4. The summed E-state index contributed by atoms with van der Waals surface area (Å²) < 4.78 is 2.40. The standard InChI is InChI=1S/C25H18ClN/c26-21-10-6-9-20(16-21)19-8-5-7-18(15-19)17-27-24-13-3-1-11-22(24)23-12-2-4-14-25(23)27/h1-16H,17H2. The van der Waals surface area contributed by atoms with Crippen LogP contribution in [0.2, 0.25) is 5.02 Å². The predicted octanol–water partition coefficient (Wildman–Crippen LogP) is 7.16. The summed E-state index contributed by atoms with van der Waals surface area (Å²) in [6.07, 6.45) is 0. The highest BCUT2D eigenvalue weighted by Gasteiger charge is 2.10. The van der Waals surface area contributed by atoms with Gasteiger partial charge in [0, 0.05) is 33.4 Å². The second kappa shape index (κ2) is 6.61. The minimum atomic E-state index is 0.764. The minimum Gasteiger partial charge on any atom is -0.336 e. The number of aromatic nitrogens is 1. The van der Waals surface area contributed by atoms with Gasteiger partial charge in [-0.2, -0.15) is 0 Å². The Hall–Kier alpha value is -3.03. The van der Waals surface area contributed by atoms with Gasteiger partial charge in [-0.15, -0.1) is 0 Å². The molecule has 0 unspecified atom stereocenters. The molecule has 0 atom stereocenters. The van der Waals surface area contributed by atoms with Gasteiger partial charge < -0.3 is 4.57 Å². The summed E-state index contributed by atoms with van der Waals surface area (Å²) >= 11 is 6.18. The molecule has 0 saturated heterocycles. The maximum Gasteiger partial charge on any atom is 0.0494 e. The molecule has 0 aliphatic heterocycles. The normalized spacial score (nSPS) is 11.3. The SMILES string of the molecule is Clc1cccc(-c2cccc(Cn3c4ccccc4c4ccccc43)c2)c1. The molecule has 0 N–H and O–H groups in total. The Balaban J connectivity index is 1.63. The molecule has 0 bridgehead atoms. The van der Waals surface area contributed by atoms with Gasteiger partial charge in [-0.3, -0.25) is 0 Å². The first-order valence-electron chi connectivity index (χ1n) is 9.10. The van der Waals surface area contributed by atoms with Crippen LogP contribution in [0.4, 0.5) is 0 Å². The number of fused-ring (bicyclic) bond motifs is 3. The van der Waals surface area contributed by atoms with E-state index >= 15 is 0 Å². The monoisotopic (exact) mass is 367 g/mol. The van der Waals surface area contributed by atoms with E-state index in [1.165, 1.54) is 32.9 Å². The van der Waals surface area contributed by atoms with E-state index in [-0.39, 0.29) is 0 Å². The van der Waals surface area contributed by atoms with Crippen molar-refractivity contribution < 1.29 is 0 Å². The summed E-state index contributed by atoms with van der Waals surface area (Å²) in [5, 5.41) is 3.37. The first kappa shape index (κ1) is 16.2. The van der Waals surface area contributed by atoms with E-state index in [1.807, 2.05) is 18.2 Å². The van der Waals surface area contributed by atoms with Crippen LogP contribution in [0.1, 0.15) is 5.56 Å². The number of nitrogens with zero attached hydrogens (tertiary/aromatic N) is 1. The average molecular weight is 368 g/mol. The third-order valence-electron chi connectivity index (χ3n) is 5.11. The molecule has 0 aliphatic carbocycles. The van der Waals surface area contributed by atoms with Gasteiger partial charge in [0.05, 0.1) is 0 Å². The molecule has 1 nitrogen and oxygen atoms in total. The second-order valence-corrected chi connectivity index (χ2v) is 7.27. The Morgan fingerprint density at radius 3 is 1.85 bits per heavy atom. The van der Waals surface area contributed by atoms with Crippen molar-refractivity contribution >= 4 is 33.4 Å². The summed E-state index contributed by atoms with van der Waals surface area (Å²) in [5.74, 6) is 0. The minimum absolute atomic E-state index is 0.764. The molecule has 5 aromatic rings. The van der Waals surface area contributed by atoms with Crippen molar-refractivity contribution in [2.75, 3.05) is 0 Å². The molecule has 0 aliphatic rings. The molecule has 130 valence electrons. The molecule has 0 saturated carbocycles. The van der Waals surface area contributed by atoms with Gasteiger partial charge in [-0.05, 0) is 47.0 Å². The third kappa shape index (κ3) is 2.90. The molecular formula is C25H18ClN. The lowest BCUT2D eigenvalue weighted by molar-refractivity contribution is 0.869. The average Bonchev–Trinajstić information content (AvgIpc) is 3.03. The molecule has 27 heavy (non-hydrogen) atoms. The molecule has 5 rings (SSSR count). The van der Waals surface area contributed by atoms with Crippen molar-refractivity contribution in [1.82, 2.24) is 4.57 Å². The zero-order chi connectivity index (χ0) is 18.2. The number of halogens is 1. The highest BCUT2D eigenvalue weighted by atomic mass is 35.5. The van der Waals surface area contributed by atoms with Crippen LogP contribution in [-0.4, -0.2) is 4.57 Å². The van der Waals surface area contributed by atoms with Crippen LogP contribution in [0.15, 0.2) is 97.1 Å². The largest absolute Gasteiger partial charge is 0.336 e. The van der Waals surface area contributed by atoms with Crippen LogP contribution in [0.25, 0.3) is 32.9 Å². The van der Waals surface area contributed by atoms with Crippen LogP contribution in [0.5, 0.6) is 0 Å². The molecule has 1 aromatic heterocycles. The van der Waals surface area contributed by atoms with Gasteiger partial charge in [0.25, 0.3) is 0 Å². The van der Waals surface area contributed by atoms with Gasteiger partial charge in [0.15, 0.2) is 0 Å². The number of rotatable bonds is 3. The van der Waals surface area contributed by atoms with Crippen molar-refractivity contribution in [2.24, 2.45) is 0 Å². The van der Waals surface area contributed by atoms with Crippen molar-refractivity contribution in [3.05, 3.63) is 108 Å². The van der Waals surface area contributed by atoms with Gasteiger partial charge in [-0.1, -0.05) is 78.3 Å². The van der Waals surface area contributed by atoms with Gasteiger partial charge in [0.1, 0.15) is 0 Å². The van der Waals surface area contributed by atoms with Crippen molar-refractivity contribution in [2.45, 2.75) is 6.54 Å². The fraction of sp³-hybridized carbons (Fsp3) is 0.0400. The topological polar surface area (TPSA) is 4.93 Å². The Morgan fingerprint density at radius 2 is 1.19 bits per heavy atom. The highest BCUT2D eigenvalue weighted by molar-refractivity contribution is 6.30. The summed E-state index contributed by atoms with van der Waals surface area (Å²) in [7, 11) is 0. The quantitative estimate of drug-likeness (QED) is 0.318. The molecule has 2 heteroatoms. The predicted molar refractivity (Wildman–Crippen MR) is 115 cm³/mol. The Kier molecular flexibility index (Phi) is 3.95. The second-order valence-electron chi connectivity index (χ2n) is 6.83. The van der Waals surface area contributed by atoms with Crippen LogP contribution in [0.3, 0.4) is 0 Å². The lowest BCUT2D eigenvalue weighted by atomic mass is 10.0. The number of hydrogen-bond donors (Lipinski definition) is 0. The zero-order valence-electron chi connectivity index (χ0n) is 14.8. The fourth-order valence-corrected chi connectivity index (χ4v) is 4.06. The van der Waals surface area contributed by atoms with Crippen LogP contribution < -0.4 is 0 Å². The van der Waals surface area contributed by atoms with Crippen LogP contribution in [-0.2, 0) is 6.54 Å².